The normalized spacial score (nSPS) is 23.2. The van der Waals surface area contributed by atoms with E-state index in [0.717, 1.165) is 0 Å². The molecule has 1 N–H and O–H groups in total. The van der Waals surface area contributed by atoms with E-state index in [4.69, 9.17) is 38.7 Å². The van der Waals surface area contributed by atoms with Gasteiger partial charge in [-0.15, -0.1) is 0 Å². The molecule has 1 saturated heterocycles. The molecule has 1 aliphatic heterocycles. The first kappa shape index (κ1) is 31.1. The number of carbonyl (C=O) groups is 4. The molecule has 1 amide bonds. The van der Waals surface area contributed by atoms with Gasteiger partial charge in [0, 0.05) is 45.6 Å². The summed E-state index contributed by atoms with van der Waals surface area (Å²) in [5, 5.41) is 6.06. The van der Waals surface area contributed by atoms with Gasteiger partial charge in [-0.1, -0.05) is 5.11 Å². The van der Waals surface area contributed by atoms with E-state index in [1.165, 1.54) is 27.7 Å². The topological polar surface area (TPSA) is 194 Å². The fraction of sp³-hybridized carbons (Fsp3) is 0.810. The largest absolute Gasteiger partial charge is 0.463 e. The summed E-state index contributed by atoms with van der Waals surface area (Å²) >= 11 is 0. The summed E-state index contributed by atoms with van der Waals surface area (Å²) in [6, 6.07) is 0. The molecule has 0 spiro atoms. The number of esters is 3. The van der Waals surface area contributed by atoms with Crippen LogP contribution in [-0.2, 0) is 52.3 Å². The van der Waals surface area contributed by atoms with Crippen molar-refractivity contribution in [2.75, 3.05) is 52.8 Å². The van der Waals surface area contributed by atoms with Crippen molar-refractivity contribution in [2.45, 2.75) is 58.2 Å². The predicted molar refractivity (Wildman–Crippen MR) is 120 cm³/mol. The zero-order valence-corrected chi connectivity index (χ0v) is 20.9. The lowest BCUT2D eigenvalue weighted by atomic mass is 9.86. The van der Waals surface area contributed by atoms with Crippen LogP contribution in [-0.4, -0.2) is 101 Å². The number of amides is 1. The molecule has 15 nitrogen and oxygen atoms in total. The summed E-state index contributed by atoms with van der Waals surface area (Å²) < 4.78 is 38.1. The Hall–Kier alpha value is -2.97. The third-order valence-electron chi connectivity index (χ3n) is 4.72. The minimum absolute atomic E-state index is 0.0172. The summed E-state index contributed by atoms with van der Waals surface area (Å²) in [5.41, 5.74) is 6.80. The lowest BCUT2D eigenvalue weighted by molar-refractivity contribution is -0.279. The molecule has 1 fully saturated rings. The number of nitrogens with zero attached hydrogens (tertiary/aromatic N) is 3. The van der Waals surface area contributed by atoms with Gasteiger partial charge in [-0.3, -0.25) is 19.2 Å². The Balaban J connectivity index is 2.91. The summed E-state index contributed by atoms with van der Waals surface area (Å²) in [5.74, 6) is -2.25. The van der Waals surface area contributed by atoms with Crippen LogP contribution in [0.4, 0.5) is 0 Å². The molecule has 4 atom stereocenters. The lowest BCUT2D eigenvalue weighted by Crippen LogP contribution is -2.68. The van der Waals surface area contributed by atoms with Gasteiger partial charge < -0.3 is 38.5 Å². The van der Waals surface area contributed by atoms with E-state index in [1.54, 1.807) is 0 Å². The smallest absolute Gasteiger partial charge is 0.302 e. The SMILES string of the molecule is CC(=O)NC1(COC(C)=O)CC(OC(C)=O)C(COC(C)=O)OC1OCCOCCOCCN=[N+]=[N-]. The van der Waals surface area contributed by atoms with Gasteiger partial charge in [0.25, 0.3) is 0 Å². The molecule has 1 heterocycles. The monoisotopic (exact) mass is 518 g/mol. The van der Waals surface area contributed by atoms with Crippen LogP contribution < -0.4 is 5.32 Å². The highest BCUT2D eigenvalue weighted by Gasteiger charge is 2.53. The molecule has 204 valence electrons. The molecule has 15 heteroatoms. The van der Waals surface area contributed by atoms with Crippen molar-refractivity contribution in [1.82, 2.24) is 5.32 Å². The second-order valence-corrected chi connectivity index (χ2v) is 7.83. The van der Waals surface area contributed by atoms with Gasteiger partial charge in [0.05, 0.1) is 33.0 Å². The fourth-order valence-corrected chi connectivity index (χ4v) is 3.38. The maximum Gasteiger partial charge on any atom is 0.302 e. The van der Waals surface area contributed by atoms with Crippen molar-refractivity contribution in [3.8, 4) is 0 Å². The van der Waals surface area contributed by atoms with Crippen LogP contribution in [0.15, 0.2) is 5.11 Å². The van der Waals surface area contributed by atoms with Crippen LogP contribution in [0.5, 0.6) is 0 Å². The first-order valence-electron chi connectivity index (χ1n) is 11.3. The number of azide groups is 1. The van der Waals surface area contributed by atoms with Crippen molar-refractivity contribution in [3.63, 3.8) is 0 Å². The fourth-order valence-electron chi connectivity index (χ4n) is 3.38. The van der Waals surface area contributed by atoms with Crippen LogP contribution in [0.25, 0.3) is 10.4 Å². The van der Waals surface area contributed by atoms with E-state index < -0.39 is 47.9 Å². The molecular formula is C21H34N4O11. The van der Waals surface area contributed by atoms with Crippen LogP contribution in [0.3, 0.4) is 0 Å². The third-order valence-corrected chi connectivity index (χ3v) is 4.72. The maximum absolute atomic E-state index is 12.1. The first-order valence-corrected chi connectivity index (χ1v) is 11.3. The molecule has 0 aromatic heterocycles. The van der Waals surface area contributed by atoms with Crippen molar-refractivity contribution in [3.05, 3.63) is 10.4 Å². The molecule has 0 saturated carbocycles. The van der Waals surface area contributed by atoms with E-state index in [0.29, 0.717) is 0 Å². The van der Waals surface area contributed by atoms with Crippen LogP contribution >= 0.6 is 0 Å². The predicted octanol–water partition coefficient (Wildman–Crippen LogP) is 0.394. The Morgan fingerprint density at radius 2 is 1.61 bits per heavy atom. The Morgan fingerprint density at radius 1 is 0.972 bits per heavy atom. The van der Waals surface area contributed by atoms with Crippen LogP contribution in [0.2, 0.25) is 0 Å². The summed E-state index contributed by atoms with van der Waals surface area (Å²) in [4.78, 5) is 49.3. The summed E-state index contributed by atoms with van der Waals surface area (Å²) in [6.07, 6.45) is -3.07. The van der Waals surface area contributed by atoms with Crippen LogP contribution in [0.1, 0.15) is 34.1 Å². The zero-order chi connectivity index (χ0) is 27.0. The second kappa shape index (κ2) is 16.7. The van der Waals surface area contributed by atoms with Crippen molar-refractivity contribution in [2.24, 2.45) is 5.11 Å². The highest BCUT2D eigenvalue weighted by Crippen LogP contribution is 2.33. The molecule has 36 heavy (non-hydrogen) atoms. The zero-order valence-electron chi connectivity index (χ0n) is 20.9. The number of ether oxygens (including phenoxy) is 7. The minimum Gasteiger partial charge on any atom is -0.463 e. The van der Waals surface area contributed by atoms with E-state index in [9.17, 15) is 19.2 Å². The van der Waals surface area contributed by atoms with Gasteiger partial charge in [0.1, 0.15) is 31.0 Å². The highest BCUT2D eigenvalue weighted by molar-refractivity contribution is 5.74. The number of rotatable bonds is 16. The number of carbonyl (C=O) groups excluding carboxylic acids is 4. The van der Waals surface area contributed by atoms with Crippen LogP contribution in [0, 0.1) is 0 Å². The maximum atomic E-state index is 12.1. The molecular weight excluding hydrogens is 484 g/mol. The Morgan fingerprint density at radius 3 is 2.19 bits per heavy atom. The molecule has 0 aromatic carbocycles. The van der Waals surface area contributed by atoms with Crippen molar-refractivity contribution in [1.29, 1.82) is 0 Å². The number of nitrogens with one attached hydrogen (secondary N) is 1. The van der Waals surface area contributed by atoms with Gasteiger partial charge in [0.2, 0.25) is 5.91 Å². The molecule has 1 rings (SSSR count). The summed E-state index contributed by atoms with van der Waals surface area (Å²) in [7, 11) is 0. The lowest BCUT2D eigenvalue weighted by Gasteiger charge is -2.48. The summed E-state index contributed by atoms with van der Waals surface area (Å²) in [6.45, 7) is 5.49. The Labute approximate surface area is 208 Å². The molecule has 0 aromatic rings. The molecule has 0 radical (unpaired) electrons. The Kier molecular flexibility index (Phi) is 14.4. The second-order valence-electron chi connectivity index (χ2n) is 7.83. The quantitative estimate of drug-likeness (QED) is 0.0741. The Bertz CT molecular complexity index is 790. The van der Waals surface area contributed by atoms with Gasteiger partial charge in [-0.2, -0.15) is 0 Å². The number of hydrogen-bond donors (Lipinski definition) is 1. The molecule has 0 aliphatic carbocycles. The van der Waals surface area contributed by atoms with Gasteiger partial charge in [-0.05, 0) is 5.53 Å². The molecule has 4 unspecified atom stereocenters. The van der Waals surface area contributed by atoms with Crippen molar-refractivity contribution < 1.29 is 52.3 Å². The standard InChI is InChI=1S/C21H34N4O11/c1-14(26)24-21(13-34-16(3)28)11-18(35-17(4)29)19(12-33-15(2)27)36-20(21)32-10-9-31-8-7-30-6-5-23-25-22/h18-20H,5-13H2,1-4H3,(H,24,26). The van der Waals surface area contributed by atoms with E-state index in [1.807, 2.05) is 0 Å². The van der Waals surface area contributed by atoms with E-state index in [2.05, 4.69) is 15.3 Å². The van der Waals surface area contributed by atoms with Gasteiger partial charge in [-0.25, -0.2) is 0 Å². The first-order chi connectivity index (χ1) is 17.1. The van der Waals surface area contributed by atoms with Crippen molar-refractivity contribution >= 4 is 23.8 Å². The minimum atomic E-state index is -1.41. The third kappa shape index (κ3) is 12.1. The molecule has 1 aliphatic rings. The van der Waals surface area contributed by atoms with E-state index >= 15 is 0 Å². The van der Waals surface area contributed by atoms with E-state index in [-0.39, 0.29) is 59.2 Å². The molecule has 0 bridgehead atoms. The average Bonchev–Trinajstić information content (AvgIpc) is 2.78. The van der Waals surface area contributed by atoms with Gasteiger partial charge >= 0.3 is 17.9 Å². The highest BCUT2D eigenvalue weighted by atomic mass is 16.7. The number of hydrogen-bond acceptors (Lipinski definition) is 12. The van der Waals surface area contributed by atoms with Gasteiger partial charge in [0.15, 0.2) is 6.29 Å². The average molecular weight is 519 g/mol.